The number of hydrogen-bond donors (Lipinski definition) is 2. The fraction of sp³-hybridized carbons (Fsp3) is 0.909. The molecule has 0 aliphatic heterocycles. The van der Waals surface area contributed by atoms with Gasteiger partial charge in [0.05, 0.1) is 5.60 Å². The van der Waals surface area contributed by atoms with E-state index in [4.69, 9.17) is 4.74 Å². The van der Waals surface area contributed by atoms with Gasteiger partial charge in [-0.25, -0.2) is 4.79 Å². The van der Waals surface area contributed by atoms with Crippen molar-refractivity contribution in [3.05, 3.63) is 0 Å². The van der Waals surface area contributed by atoms with E-state index in [-0.39, 0.29) is 6.04 Å². The number of alkyl carbamates (subject to hydrolysis) is 1. The predicted octanol–water partition coefficient (Wildman–Crippen LogP) is 1.81. The summed E-state index contributed by atoms with van der Waals surface area (Å²) in [7, 11) is 0. The molecule has 0 spiro atoms. The van der Waals surface area contributed by atoms with E-state index >= 15 is 0 Å². The van der Waals surface area contributed by atoms with E-state index in [0.29, 0.717) is 6.42 Å². The van der Waals surface area contributed by atoms with Gasteiger partial charge in [0.1, 0.15) is 5.60 Å². The largest absolute Gasteiger partial charge is 0.444 e. The molecule has 1 aliphatic rings. The van der Waals surface area contributed by atoms with Gasteiger partial charge in [-0.2, -0.15) is 0 Å². The van der Waals surface area contributed by atoms with Gasteiger partial charge in [0.15, 0.2) is 0 Å². The zero-order chi connectivity index (χ0) is 11.7. The topological polar surface area (TPSA) is 58.6 Å². The molecule has 0 aromatic rings. The van der Waals surface area contributed by atoms with Gasteiger partial charge in [0, 0.05) is 6.04 Å². The molecule has 1 fully saturated rings. The van der Waals surface area contributed by atoms with Gasteiger partial charge in [-0.3, -0.25) is 0 Å². The van der Waals surface area contributed by atoms with Crippen LogP contribution in [-0.2, 0) is 4.74 Å². The number of amides is 1. The molecule has 0 heterocycles. The van der Waals surface area contributed by atoms with E-state index in [2.05, 4.69) is 5.32 Å². The third-order valence-corrected chi connectivity index (χ3v) is 2.44. The normalized spacial score (nSPS) is 31.4. The Morgan fingerprint density at radius 3 is 2.53 bits per heavy atom. The molecule has 0 saturated heterocycles. The summed E-state index contributed by atoms with van der Waals surface area (Å²) in [5.41, 5.74) is -1.11. The first-order valence-corrected chi connectivity index (χ1v) is 5.40. The van der Waals surface area contributed by atoms with Crippen molar-refractivity contribution in [2.45, 2.75) is 64.2 Å². The number of aliphatic hydroxyl groups is 1. The molecule has 2 atom stereocenters. The molecule has 0 unspecified atom stereocenters. The van der Waals surface area contributed by atoms with Crippen molar-refractivity contribution < 1.29 is 14.6 Å². The Labute approximate surface area is 91.0 Å². The number of ether oxygens (including phenoxy) is 1. The van der Waals surface area contributed by atoms with E-state index in [1.807, 2.05) is 20.8 Å². The first-order chi connectivity index (χ1) is 6.68. The van der Waals surface area contributed by atoms with Crippen molar-refractivity contribution in [3.63, 3.8) is 0 Å². The molecular formula is C11H21NO3. The maximum atomic E-state index is 11.4. The van der Waals surface area contributed by atoms with E-state index in [9.17, 15) is 9.90 Å². The van der Waals surface area contributed by atoms with Crippen molar-refractivity contribution in [2.24, 2.45) is 0 Å². The lowest BCUT2D eigenvalue weighted by Crippen LogP contribution is -2.38. The summed E-state index contributed by atoms with van der Waals surface area (Å²) in [6, 6.07) is 0.0369. The Morgan fingerprint density at radius 1 is 1.53 bits per heavy atom. The van der Waals surface area contributed by atoms with Crippen molar-refractivity contribution in [1.82, 2.24) is 5.32 Å². The van der Waals surface area contributed by atoms with Crippen molar-refractivity contribution in [1.29, 1.82) is 0 Å². The molecule has 1 saturated carbocycles. The molecule has 0 bridgehead atoms. The second-order valence-corrected chi connectivity index (χ2v) is 5.58. The molecule has 0 aromatic heterocycles. The second-order valence-electron chi connectivity index (χ2n) is 5.58. The summed E-state index contributed by atoms with van der Waals surface area (Å²) in [5.74, 6) is 0. The van der Waals surface area contributed by atoms with Crippen LogP contribution < -0.4 is 5.32 Å². The van der Waals surface area contributed by atoms with Crippen LogP contribution in [0.3, 0.4) is 0 Å². The molecule has 1 amide bonds. The highest BCUT2D eigenvalue weighted by atomic mass is 16.6. The van der Waals surface area contributed by atoms with Crippen LogP contribution in [-0.4, -0.2) is 28.4 Å². The Kier molecular flexibility index (Phi) is 3.28. The van der Waals surface area contributed by atoms with Crippen LogP contribution in [0.4, 0.5) is 4.79 Å². The van der Waals surface area contributed by atoms with Crippen LogP contribution in [0.5, 0.6) is 0 Å². The summed E-state index contributed by atoms with van der Waals surface area (Å²) >= 11 is 0. The van der Waals surface area contributed by atoms with E-state index < -0.39 is 17.3 Å². The fourth-order valence-electron chi connectivity index (χ4n) is 1.82. The van der Waals surface area contributed by atoms with Gasteiger partial charge in [0.2, 0.25) is 0 Å². The minimum Gasteiger partial charge on any atom is -0.444 e. The summed E-state index contributed by atoms with van der Waals surface area (Å²) in [5, 5.41) is 12.5. The number of carbonyl (C=O) groups excluding carboxylic acids is 1. The highest BCUT2D eigenvalue weighted by Crippen LogP contribution is 2.29. The molecule has 4 nitrogen and oxygen atoms in total. The van der Waals surface area contributed by atoms with Crippen molar-refractivity contribution in [2.75, 3.05) is 0 Å². The van der Waals surface area contributed by atoms with Crippen molar-refractivity contribution >= 4 is 6.09 Å². The smallest absolute Gasteiger partial charge is 0.407 e. The van der Waals surface area contributed by atoms with E-state index in [0.717, 1.165) is 12.8 Å². The van der Waals surface area contributed by atoms with Crippen molar-refractivity contribution in [3.8, 4) is 0 Å². The zero-order valence-electron chi connectivity index (χ0n) is 9.96. The molecule has 4 heteroatoms. The molecule has 1 rings (SSSR count). The molecule has 15 heavy (non-hydrogen) atoms. The Morgan fingerprint density at radius 2 is 2.13 bits per heavy atom. The third-order valence-electron chi connectivity index (χ3n) is 2.44. The molecule has 0 radical (unpaired) electrons. The van der Waals surface area contributed by atoms with Gasteiger partial charge < -0.3 is 15.2 Å². The minimum absolute atomic E-state index is 0.0369. The fourth-order valence-corrected chi connectivity index (χ4v) is 1.82. The number of hydrogen-bond acceptors (Lipinski definition) is 3. The van der Waals surface area contributed by atoms with Gasteiger partial charge in [-0.15, -0.1) is 0 Å². The first-order valence-electron chi connectivity index (χ1n) is 5.40. The minimum atomic E-state index is -0.639. The first kappa shape index (κ1) is 12.3. The summed E-state index contributed by atoms with van der Waals surface area (Å²) in [6.45, 7) is 7.29. The lowest BCUT2D eigenvalue weighted by molar-refractivity contribution is 0.0471. The lowest BCUT2D eigenvalue weighted by Gasteiger charge is -2.22. The maximum Gasteiger partial charge on any atom is 0.407 e. The second kappa shape index (κ2) is 4.00. The lowest BCUT2D eigenvalue weighted by atomic mass is 10.1. The molecule has 1 aliphatic carbocycles. The maximum absolute atomic E-state index is 11.4. The van der Waals surface area contributed by atoms with Gasteiger partial charge >= 0.3 is 6.09 Å². The molecular weight excluding hydrogens is 194 g/mol. The Balaban J connectivity index is 2.34. The van der Waals surface area contributed by atoms with Gasteiger partial charge in [0.25, 0.3) is 0 Å². The SMILES string of the molecule is CC(C)(C)OC(=O)N[C@@H]1CC[C@@](C)(O)C1. The predicted molar refractivity (Wildman–Crippen MR) is 57.6 cm³/mol. The Bertz CT molecular complexity index is 243. The highest BCUT2D eigenvalue weighted by molar-refractivity contribution is 5.68. The quantitative estimate of drug-likeness (QED) is 0.701. The average molecular weight is 215 g/mol. The van der Waals surface area contributed by atoms with Crippen LogP contribution >= 0.6 is 0 Å². The molecule has 0 aromatic carbocycles. The molecule has 2 N–H and O–H groups in total. The van der Waals surface area contributed by atoms with Gasteiger partial charge in [-0.05, 0) is 47.0 Å². The highest BCUT2D eigenvalue weighted by Gasteiger charge is 2.34. The van der Waals surface area contributed by atoms with E-state index in [1.165, 1.54) is 0 Å². The zero-order valence-corrected chi connectivity index (χ0v) is 9.96. The Hall–Kier alpha value is -0.770. The standard InChI is InChI=1S/C11H21NO3/c1-10(2,3)15-9(13)12-8-5-6-11(4,14)7-8/h8,14H,5-7H2,1-4H3,(H,12,13)/t8-,11-/m1/s1. The van der Waals surface area contributed by atoms with Crippen LogP contribution in [0.15, 0.2) is 0 Å². The summed E-state index contributed by atoms with van der Waals surface area (Å²) in [4.78, 5) is 11.4. The summed E-state index contributed by atoms with van der Waals surface area (Å²) in [6.07, 6.45) is 1.75. The van der Waals surface area contributed by atoms with Crippen LogP contribution in [0.1, 0.15) is 47.0 Å². The number of nitrogens with one attached hydrogen (secondary N) is 1. The van der Waals surface area contributed by atoms with Crippen LogP contribution in [0.2, 0.25) is 0 Å². The van der Waals surface area contributed by atoms with Crippen LogP contribution in [0, 0.1) is 0 Å². The van der Waals surface area contributed by atoms with Gasteiger partial charge in [-0.1, -0.05) is 0 Å². The number of rotatable bonds is 1. The van der Waals surface area contributed by atoms with Crippen LogP contribution in [0.25, 0.3) is 0 Å². The monoisotopic (exact) mass is 215 g/mol. The third kappa shape index (κ3) is 4.51. The summed E-state index contributed by atoms with van der Waals surface area (Å²) < 4.78 is 5.14. The molecule has 88 valence electrons. The van der Waals surface area contributed by atoms with E-state index in [1.54, 1.807) is 6.92 Å². The average Bonchev–Trinajstić information content (AvgIpc) is 2.25. The number of carbonyl (C=O) groups is 1.